The summed E-state index contributed by atoms with van der Waals surface area (Å²) in [5, 5.41) is 21.6. The predicted molar refractivity (Wildman–Crippen MR) is 196 cm³/mol. The van der Waals surface area contributed by atoms with Crippen LogP contribution in [0.2, 0.25) is 0 Å². The van der Waals surface area contributed by atoms with Gasteiger partial charge in [0.05, 0.1) is 25.4 Å². The summed E-state index contributed by atoms with van der Waals surface area (Å²) in [4.78, 5) is 51.9. The van der Waals surface area contributed by atoms with E-state index in [2.05, 4.69) is 21.4 Å². The van der Waals surface area contributed by atoms with Gasteiger partial charge in [0.1, 0.15) is 12.1 Å². The molecule has 0 aromatic heterocycles. The number of ether oxygens (including phenoxy) is 2. The molecule has 0 fully saturated rings. The molecule has 12 heteroatoms. The molecule has 0 saturated heterocycles. The first kappa shape index (κ1) is 40.5. The average Bonchev–Trinajstić information content (AvgIpc) is 3.10. The second-order valence-corrected chi connectivity index (χ2v) is 13.0. The van der Waals surface area contributed by atoms with Crippen molar-refractivity contribution >= 4 is 24.0 Å². The number of rotatable bonds is 18. The van der Waals surface area contributed by atoms with E-state index in [1.165, 1.54) is 0 Å². The zero-order chi connectivity index (χ0) is 37.3. The summed E-state index contributed by atoms with van der Waals surface area (Å²) in [6, 6.07) is 24.5. The number of hydrazine groups is 1. The second kappa shape index (κ2) is 20.7. The first-order valence-electron chi connectivity index (χ1n) is 17.5. The Hall–Kier alpha value is -4.94. The van der Waals surface area contributed by atoms with Crippen molar-refractivity contribution in [1.82, 2.24) is 26.4 Å². The molecule has 0 bridgehead atoms. The highest BCUT2D eigenvalue weighted by Gasteiger charge is 2.32. The largest absolute Gasteiger partial charge is 0.450 e. The number of carbonyl (C=O) groups is 4. The molecule has 5 N–H and O–H groups in total. The van der Waals surface area contributed by atoms with E-state index in [0.29, 0.717) is 0 Å². The standard InChI is InChI=1S/C39H53N5O7/c1-7-50-38(48)41-34(26(3)4)36(46)40-32(23-28-15-11-9-12-16-28)33(45)25-44(43-37(47)35(27(5)6)42-39(49)51-8-2)24-29-19-21-31(22-20-29)30-17-13-10-14-18-30/h9-22,26-27,32-35,45H,7-8,23-25H2,1-6H3,(H,40,46)(H,41,48)(H,42,49)(H,43,47)/t32-,33-,34-,35-/m0/s1. The SMILES string of the molecule is CCOC(=O)N[C@H](C(=O)N[C@@H](Cc1ccccc1)[C@@H](O)CN(Cc1ccc(-c2ccccc2)cc1)NC(=O)[C@@H](NC(=O)OCC)C(C)C)C(C)C. The Morgan fingerprint density at radius 2 is 1.14 bits per heavy atom. The lowest BCUT2D eigenvalue weighted by molar-refractivity contribution is -0.131. The van der Waals surface area contributed by atoms with Gasteiger partial charge in [-0.2, -0.15) is 0 Å². The third-order valence-electron chi connectivity index (χ3n) is 8.20. The van der Waals surface area contributed by atoms with Crippen molar-refractivity contribution in [3.63, 3.8) is 0 Å². The summed E-state index contributed by atoms with van der Waals surface area (Å²) in [6.45, 7) is 11.0. The Bertz CT molecular complexity index is 1520. The first-order chi connectivity index (χ1) is 24.4. The summed E-state index contributed by atoms with van der Waals surface area (Å²) >= 11 is 0. The number of hydrogen-bond acceptors (Lipinski definition) is 8. The van der Waals surface area contributed by atoms with E-state index in [1.807, 2.05) is 84.9 Å². The molecule has 51 heavy (non-hydrogen) atoms. The van der Waals surface area contributed by atoms with E-state index in [-0.39, 0.29) is 44.6 Å². The number of aliphatic hydroxyl groups excluding tert-OH is 1. The molecule has 0 spiro atoms. The van der Waals surface area contributed by atoms with E-state index >= 15 is 0 Å². The fraction of sp³-hybridized carbons (Fsp3) is 0.436. The van der Waals surface area contributed by atoms with Crippen molar-refractivity contribution in [3.8, 4) is 11.1 Å². The summed E-state index contributed by atoms with van der Waals surface area (Å²) in [6.07, 6.45) is -2.35. The molecule has 12 nitrogen and oxygen atoms in total. The molecular formula is C39H53N5O7. The van der Waals surface area contributed by atoms with E-state index in [9.17, 15) is 24.3 Å². The van der Waals surface area contributed by atoms with Crippen LogP contribution in [0.3, 0.4) is 0 Å². The summed E-state index contributed by atoms with van der Waals surface area (Å²) in [7, 11) is 0. The van der Waals surface area contributed by atoms with Gasteiger partial charge in [0.2, 0.25) is 5.91 Å². The molecule has 0 unspecified atom stereocenters. The number of amides is 4. The van der Waals surface area contributed by atoms with E-state index in [0.717, 1.165) is 22.3 Å². The van der Waals surface area contributed by atoms with Gasteiger partial charge in [-0.15, -0.1) is 0 Å². The number of aliphatic hydroxyl groups is 1. The predicted octanol–water partition coefficient (Wildman–Crippen LogP) is 4.82. The minimum atomic E-state index is -1.19. The molecular weight excluding hydrogens is 650 g/mol. The molecule has 0 radical (unpaired) electrons. The number of alkyl carbamates (subject to hydrolysis) is 2. The third-order valence-corrected chi connectivity index (χ3v) is 8.20. The van der Waals surface area contributed by atoms with E-state index in [4.69, 9.17) is 9.47 Å². The molecule has 3 aromatic rings. The zero-order valence-corrected chi connectivity index (χ0v) is 30.4. The maximum Gasteiger partial charge on any atom is 0.407 e. The minimum Gasteiger partial charge on any atom is -0.450 e. The lowest BCUT2D eigenvalue weighted by Gasteiger charge is -2.33. The zero-order valence-electron chi connectivity index (χ0n) is 30.4. The van der Waals surface area contributed by atoms with Crippen molar-refractivity contribution in [2.45, 2.75) is 78.7 Å². The van der Waals surface area contributed by atoms with Gasteiger partial charge in [-0.3, -0.25) is 15.0 Å². The van der Waals surface area contributed by atoms with E-state index in [1.54, 1.807) is 46.6 Å². The summed E-state index contributed by atoms with van der Waals surface area (Å²) < 4.78 is 10.0. The molecule has 4 amide bonds. The Morgan fingerprint density at radius 3 is 1.65 bits per heavy atom. The van der Waals surface area contributed by atoms with Crippen LogP contribution in [0, 0.1) is 11.8 Å². The number of nitrogens with zero attached hydrogens (tertiary/aromatic N) is 1. The first-order valence-corrected chi connectivity index (χ1v) is 17.5. The van der Waals surface area contributed by atoms with Crippen LogP contribution in [-0.4, -0.2) is 78.1 Å². The highest BCUT2D eigenvalue weighted by Crippen LogP contribution is 2.20. The van der Waals surface area contributed by atoms with E-state index < -0.39 is 48.2 Å². The molecule has 0 aliphatic heterocycles. The van der Waals surface area contributed by atoms with Gasteiger partial charge >= 0.3 is 12.2 Å². The Morgan fingerprint density at radius 1 is 0.647 bits per heavy atom. The molecule has 3 aromatic carbocycles. The van der Waals surface area contributed by atoms with Crippen LogP contribution in [0.25, 0.3) is 11.1 Å². The fourth-order valence-corrected chi connectivity index (χ4v) is 5.47. The monoisotopic (exact) mass is 703 g/mol. The van der Waals surface area contributed by atoms with Gasteiger partial charge in [0, 0.05) is 13.1 Å². The molecule has 0 aliphatic rings. The molecule has 276 valence electrons. The van der Waals surface area contributed by atoms with Crippen LogP contribution in [0.5, 0.6) is 0 Å². The van der Waals surface area contributed by atoms with Crippen molar-refractivity contribution in [1.29, 1.82) is 0 Å². The van der Waals surface area contributed by atoms with Gasteiger partial charge in [0.15, 0.2) is 0 Å². The number of carbonyl (C=O) groups excluding carboxylic acids is 4. The van der Waals surface area contributed by atoms with Crippen LogP contribution >= 0.6 is 0 Å². The number of hydrogen-bond donors (Lipinski definition) is 5. The third kappa shape index (κ3) is 13.4. The van der Waals surface area contributed by atoms with Gasteiger partial charge in [-0.05, 0) is 54.4 Å². The molecule has 0 heterocycles. The van der Waals surface area contributed by atoms with Crippen LogP contribution in [0.15, 0.2) is 84.9 Å². The minimum absolute atomic E-state index is 0.0914. The summed E-state index contributed by atoms with van der Waals surface area (Å²) in [5.74, 6) is -1.54. The van der Waals surface area contributed by atoms with Gasteiger partial charge in [-0.1, -0.05) is 113 Å². The molecule has 3 rings (SSSR count). The maximum atomic E-state index is 13.7. The second-order valence-electron chi connectivity index (χ2n) is 13.0. The Kier molecular flexibility index (Phi) is 16.4. The molecule has 0 aliphatic carbocycles. The Balaban J connectivity index is 1.91. The lowest BCUT2D eigenvalue weighted by Crippen LogP contribution is -2.59. The molecule has 0 saturated carbocycles. The van der Waals surface area contributed by atoms with Crippen LogP contribution in [-0.2, 0) is 32.0 Å². The van der Waals surface area contributed by atoms with Crippen LogP contribution in [0.4, 0.5) is 9.59 Å². The Labute approximate surface area is 301 Å². The number of nitrogens with one attached hydrogen (secondary N) is 4. The smallest absolute Gasteiger partial charge is 0.407 e. The van der Waals surface area contributed by atoms with Gasteiger partial charge < -0.3 is 30.5 Å². The van der Waals surface area contributed by atoms with Crippen LogP contribution < -0.4 is 21.4 Å². The maximum absolute atomic E-state index is 13.7. The van der Waals surface area contributed by atoms with Gasteiger partial charge in [-0.25, -0.2) is 14.6 Å². The average molecular weight is 704 g/mol. The normalized spacial score (nSPS) is 13.5. The molecule has 4 atom stereocenters. The topological polar surface area (TPSA) is 158 Å². The van der Waals surface area contributed by atoms with Crippen molar-refractivity contribution in [3.05, 3.63) is 96.1 Å². The van der Waals surface area contributed by atoms with Gasteiger partial charge in [0.25, 0.3) is 5.91 Å². The fourth-order valence-electron chi connectivity index (χ4n) is 5.47. The van der Waals surface area contributed by atoms with Crippen molar-refractivity contribution in [2.24, 2.45) is 11.8 Å². The quantitative estimate of drug-likeness (QED) is 0.118. The number of benzene rings is 3. The van der Waals surface area contributed by atoms with Crippen molar-refractivity contribution in [2.75, 3.05) is 19.8 Å². The highest BCUT2D eigenvalue weighted by molar-refractivity contribution is 5.86. The lowest BCUT2D eigenvalue weighted by atomic mass is 9.98. The van der Waals surface area contributed by atoms with Crippen LogP contribution in [0.1, 0.15) is 52.7 Å². The van der Waals surface area contributed by atoms with Crippen molar-refractivity contribution < 1.29 is 33.8 Å². The highest BCUT2D eigenvalue weighted by atomic mass is 16.6. The summed E-state index contributed by atoms with van der Waals surface area (Å²) in [5.41, 5.74) is 6.71.